The van der Waals surface area contributed by atoms with Crippen molar-refractivity contribution in [1.82, 2.24) is 5.32 Å². The highest BCUT2D eigenvalue weighted by Crippen LogP contribution is 2.32. The second-order valence-corrected chi connectivity index (χ2v) is 6.65. The number of thioether (sulfide) groups is 1. The number of hydrogen-bond donors (Lipinski definition) is 2. The Morgan fingerprint density at radius 2 is 2.13 bits per heavy atom. The molecule has 4 heteroatoms. The van der Waals surface area contributed by atoms with Gasteiger partial charge in [0.2, 0.25) is 5.91 Å². The Bertz CT molecular complexity index is 237. The summed E-state index contributed by atoms with van der Waals surface area (Å²) in [4.78, 5) is 11.6. The van der Waals surface area contributed by atoms with Crippen LogP contribution in [0.25, 0.3) is 0 Å². The van der Waals surface area contributed by atoms with Gasteiger partial charge in [0, 0.05) is 23.3 Å². The summed E-state index contributed by atoms with van der Waals surface area (Å²) in [5, 5.41) is 2.96. The lowest BCUT2D eigenvalue weighted by molar-refractivity contribution is -0.123. The molecule has 0 aliphatic heterocycles. The van der Waals surface area contributed by atoms with E-state index in [1.54, 1.807) is 11.8 Å². The molecule has 1 amide bonds. The molecule has 0 unspecified atom stereocenters. The van der Waals surface area contributed by atoms with E-state index in [-0.39, 0.29) is 16.2 Å². The molecule has 1 aliphatic carbocycles. The van der Waals surface area contributed by atoms with Crippen LogP contribution in [0.4, 0.5) is 0 Å². The zero-order valence-electron chi connectivity index (χ0n) is 9.93. The van der Waals surface area contributed by atoms with Gasteiger partial charge in [0.1, 0.15) is 0 Å². The first-order chi connectivity index (χ1) is 6.87. The van der Waals surface area contributed by atoms with Gasteiger partial charge in [-0.05, 0) is 39.4 Å². The molecule has 15 heavy (non-hydrogen) atoms. The van der Waals surface area contributed by atoms with Gasteiger partial charge in [-0.2, -0.15) is 11.8 Å². The molecule has 0 bridgehead atoms. The van der Waals surface area contributed by atoms with Gasteiger partial charge in [-0.3, -0.25) is 4.79 Å². The van der Waals surface area contributed by atoms with Crippen LogP contribution in [0.2, 0.25) is 0 Å². The van der Waals surface area contributed by atoms with Crippen molar-refractivity contribution in [2.45, 2.75) is 49.8 Å². The van der Waals surface area contributed by atoms with E-state index in [4.69, 9.17) is 5.73 Å². The third kappa shape index (κ3) is 4.03. The Morgan fingerprint density at radius 1 is 1.53 bits per heavy atom. The molecular formula is C11H22N2OS. The maximum Gasteiger partial charge on any atom is 0.221 e. The molecule has 1 aliphatic rings. The number of hydrogen-bond acceptors (Lipinski definition) is 3. The molecule has 0 spiro atoms. The normalized spacial score (nSPS) is 19.5. The van der Waals surface area contributed by atoms with Crippen molar-refractivity contribution in [2.75, 3.05) is 12.8 Å². The minimum Gasteiger partial charge on any atom is -0.355 e. The minimum atomic E-state index is -0.201. The van der Waals surface area contributed by atoms with Crippen LogP contribution < -0.4 is 11.1 Å². The van der Waals surface area contributed by atoms with Gasteiger partial charge < -0.3 is 11.1 Å². The maximum absolute atomic E-state index is 11.6. The van der Waals surface area contributed by atoms with Gasteiger partial charge in [-0.15, -0.1) is 0 Å². The van der Waals surface area contributed by atoms with Crippen molar-refractivity contribution in [2.24, 2.45) is 5.73 Å². The number of carbonyl (C=O) groups is 1. The predicted octanol–water partition coefficient (Wildman–Crippen LogP) is 1.52. The monoisotopic (exact) mass is 230 g/mol. The third-order valence-electron chi connectivity index (χ3n) is 3.13. The van der Waals surface area contributed by atoms with E-state index in [1.807, 2.05) is 0 Å². The second-order valence-electron chi connectivity index (χ2n) is 5.13. The summed E-state index contributed by atoms with van der Waals surface area (Å²) in [6.07, 6.45) is 5.69. The Labute approximate surface area is 96.6 Å². The molecule has 1 rings (SSSR count). The highest BCUT2D eigenvalue weighted by Gasteiger charge is 2.34. The summed E-state index contributed by atoms with van der Waals surface area (Å²) in [5.74, 6) is 0.0966. The molecule has 1 saturated carbocycles. The van der Waals surface area contributed by atoms with Crippen molar-refractivity contribution in [3.63, 3.8) is 0 Å². The SMILES string of the molecule is CSC(C)(C)CNC(=O)CC1(N)CCC1. The molecule has 0 aromatic carbocycles. The molecule has 88 valence electrons. The van der Waals surface area contributed by atoms with E-state index in [0.29, 0.717) is 13.0 Å². The molecule has 0 saturated heterocycles. The third-order valence-corrected chi connectivity index (χ3v) is 4.38. The molecule has 0 aromatic rings. The summed E-state index contributed by atoms with van der Waals surface area (Å²) in [5.41, 5.74) is 5.81. The molecule has 1 fully saturated rings. The first kappa shape index (κ1) is 12.8. The smallest absolute Gasteiger partial charge is 0.221 e. The molecule has 0 atom stereocenters. The van der Waals surface area contributed by atoms with Gasteiger partial charge in [0.05, 0.1) is 0 Å². The van der Waals surface area contributed by atoms with Gasteiger partial charge in [-0.1, -0.05) is 0 Å². The summed E-state index contributed by atoms with van der Waals surface area (Å²) in [6.45, 7) is 4.96. The van der Waals surface area contributed by atoms with Crippen LogP contribution in [-0.2, 0) is 4.79 Å². The van der Waals surface area contributed by atoms with Crippen LogP contribution >= 0.6 is 11.8 Å². The van der Waals surface area contributed by atoms with Crippen molar-refractivity contribution >= 4 is 17.7 Å². The van der Waals surface area contributed by atoms with E-state index in [0.717, 1.165) is 12.8 Å². The topological polar surface area (TPSA) is 55.1 Å². The van der Waals surface area contributed by atoms with E-state index >= 15 is 0 Å². The molecule has 0 aromatic heterocycles. The largest absolute Gasteiger partial charge is 0.355 e. The number of nitrogens with one attached hydrogen (secondary N) is 1. The van der Waals surface area contributed by atoms with Gasteiger partial charge in [-0.25, -0.2) is 0 Å². The van der Waals surface area contributed by atoms with Crippen molar-refractivity contribution in [3.05, 3.63) is 0 Å². The highest BCUT2D eigenvalue weighted by atomic mass is 32.2. The van der Waals surface area contributed by atoms with Crippen molar-refractivity contribution < 1.29 is 4.79 Å². The van der Waals surface area contributed by atoms with E-state index in [2.05, 4.69) is 25.4 Å². The molecule has 0 radical (unpaired) electrons. The van der Waals surface area contributed by atoms with Crippen LogP contribution in [0.5, 0.6) is 0 Å². The lowest BCUT2D eigenvalue weighted by Crippen LogP contribution is -2.50. The first-order valence-corrected chi connectivity index (χ1v) is 6.70. The first-order valence-electron chi connectivity index (χ1n) is 5.48. The Kier molecular flexibility index (Phi) is 4.06. The Morgan fingerprint density at radius 3 is 2.53 bits per heavy atom. The lowest BCUT2D eigenvalue weighted by Gasteiger charge is -2.37. The van der Waals surface area contributed by atoms with Crippen molar-refractivity contribution in [1.29, 1.82) is 0 Å². The number of amides is 1. The zero-order valence-corrected chi connectivity index (χ0v) is 10.7. The van der Waals surface area contributed by atoms with Crippen LogP contribution in [0.1, 0.15) is 39.5 Å². The van der Waals surface area contributed by atoms with E-state index < -0.39 is 0 Å². The summed E-state index contributed by atoms with van der Waals surface area (Å²) in [6, 6.07) is 0. The average molecular weight is 230 g/mol. The van der Waals surface area contributed by atoms with E-state index in [1.165, 1.54) is 6.42 Å². The standard InChI is InChI=1S/C11H22N2OS/c1-10(2,15-3)8-13-9(14)7-11(12)5-4-6-11/h4-8,12H2,1-3H3,(H,13,14). The van der Waals surface area contributed by atoms with E-state index in [9.17, 15) is 4.79 Å². The fourth-order valence-corrected chi connectivity index (χ4v) is 1.79. The fraction of sp³-hybridized carbons (Fsp3) is 0.909. The Balaban J connectivity index is 2.24. The number of rotatable bonds is 5. The van der Waals surface area contributed by atoms with Crippen LogP contribution in [0.15, 0.2) is 0 Å². The summed E-state index contributed by atoms with van der Waals surface area (Å²) < 4.78 is 0.108. The van der Waals surface area contributed by atoms with Crippen LogP contribution in [0, 0.1) is 0 Å². The molecular weight excluding hydrogens is 208 g/mol. The summed E-state index contributed by atoms with van der Waals surface area (Å²) >= 11 is 1.76. The number of nitrogens with two attached hydrogens (primary N) is 1. The number of carbonyl (C=O) groups excluding carboxylic acids is 1. The highest BCUT2D eigenvalue weighted by molar-refractivity contribution is 7.99. The van der Waals surface area contributed by atoms with Gasteiger partial charge in [0.15, 0.2) is 0 Å². The van der Waals surface area contributed by atoms with Crippen LogP contribution in [-0.4, -0.2) is 29.0 Å². The molecule has 0 heterocycles. The lowest BCUT2D eigenvalue weighted by atomic mass is 9.75. The Hall–Kier alpha value is -0.220. The summed E-state index contributed by atoms with van der Waals surface area (Å²) in [7, 11) is 0. The molecule has 3 nitrogen and oxygen atoms in total. The predicted molar refractivity (Wildman–Crippen MR) is 66.0 cm³/mol. The fourth-order valence-electron chi connectivity index (χ4n) is 1.57. The maximum atomic E-state index is 11.6. The van der Waals surface area contributed by atoms with Gasteiger partial charge >= 0.3 is 0 Å². The quantitative estimate of drug-likeness (QED) is 0.753. The average Bonchev–Trinajstić information content (AvgIpc) is 2.13. The minimum absolute atomic E-state index is 0.0966. The molecule has 3 N–H and O–H groups in total. The second kappa shape index (κ2) is 4.74. The van der Waals surface area contributed by atoms with Crippen molar-refractivity contribution in [3.8, 4) is 0 Å². The van der Waals surface area contributed by atoms with Gasteiger partial charge in [0.25, 0.3) is 0 Å². The zero-order chi connectivity index (χ0) is 11.5. The van der Waals surface area contributed by atoms with Crippen LogP contribution in [0.3, 0.4) is 0 Å².